The Labute approximate surface area is 114 Å². The van der Waals surface area contributed by atoms with Crippen LogP contribution >= 0.6 is 0 Å². The van der Waals surface area contributed by atoms with Crippen molar-refractivity contribution in [3.05, 3.63) is 29.6 Å². The highest BCUT2D eigenvalue weighted by molar-refractivity contribution is 5.94. The van der Waals surface area contributed by atoms with Crippen LogP contribution in [0.5, 0.6) is 0 Å². The van der Waals surface area contributed by atoms with E-state index in [0.29, 0.717) is 18.2 Å². The molecule has 2 rings (SSSR count). The van der Waals surface area contributed by atoms with Gasteiger partial charge in [0.2, 0.25) is 0 Å². The Bertz CT molecular complexity index is 460. The molecule has 0 spiro atoms. The van der Waals surface area contributed by atoms with E-state index in [0.717, 1.165) is 24.8 Å². The topological polar surface area (TPSA) is 68.0 Å². The van der Waals surface area contributed by atoms with E-state index < -0.39 is 0 Å². The summed E-state index contributed by atoms with van der Waals surface area (Å²) in [4.78, 5) is 16.6. The number of hydrogen-bond donors (Lipinski definition) is 2. The van der Waals surface area contributed by atoms with Gasteiger partial charge in [-0.25, -0.2) is 0 Å². The van der Waals surface area contributed by atoms with Crippen molar-refractivity contribution in [1.29, 1.82) is 0 Å². The predicted octanol–water partition coefficient (Wildman–Crippen LogP) is 2.03. The summed E-state index contributed by atoms with van der Waals surface area (Å²) in [6.45, 7) is 4.62. The van der Waals surface area contributed by atoms with Crippen molar-refractivity contribution >= 4 is 5.91 Å². The van der Waals surface area contributed by atoms with Crippen LogP contribution in [0.25, 0.3) is 0 Å². The third-order valence-corrected chi connectivity index (χ3v) is 4.09. The van der Waals surface area contributed by atoms with Crippen LogP contribution in [0, 0.1) is 12.8 Å². The van der Waals surface area contributed by atoms with E-state index in [-0.39, 0.29) is 11.4 Å². The van der Waals surface area contributed by atoms with Crippen molar-refractivity contribution in [2.75, 3.05) is 6.54 Å². The summed E-state index contributed by atoms with van der Waals surface area (Å²) in [5, 5.41) is 3.14. The van der Waals surface area contributed by atoms with Gasteiger partial charge >= 0.3 is 0 Å². The first-order valence-corrected chi connectivity index (χ1v) is 7.00. The number of nitrogens with zero attached hydrogens (tertiary/aromatic N) is 1. The van der Waals surface area contributed by atoms with Crippen LogP contribution in [0.3, 0.4) is 0 Å². The lowest BCUT2D eigenvalue weighted by molar-refractivity contribution is 0.0848. The van der Waals surface area contributed by atoms with Gasteiger partial charge in [0, 0.05) is 12.7 Å². The highest BCUT2D eigenvalue weighted by Crippen LogP contribution is 2.31. The molecule has 2 atom stereocenters. The molecular formula is C15H23N3O. The molecule has 4 nitrogen and oxygen atoms in total. The number of aromatic nitrogens is 1. The third kappa shape index (κ3) is 3.13. The van der Waals surface area contributed by atoms with E-state index in [1.54, 1.807) is 6.20 Å². The summed E-state index contributed by atoms with van der Waals surface area (Å²) in [6, 6.07) is 3.74. The lowest BCUT2D eigenvalue weighted by Crippen LogP contribution is -2.56. The number of nitrogens with one attached hydrogen (secondary N) is 1. The van der Waals surface area contributed by atoms with Gasteiger partial charge in [0.25, 0.3) is 5.91 Å². The van der Waals surface area contributed by atoms with E-state index in [1.165, 1.54) is 6.42 Å². The molecule has 104 valence electrons. The molecule has 4 heteroatoms. The highest BCUT2D eigenvalue weighted by atomic mass is 16.2. The zero-order valence-corrected chi connectivity index (χ0v) is 11.8. The quantitative estimate of drug-likeness (QED) is 0.874. The summed E-state index contributed by atoms with van der Waals surface area (Å²) in [5.41, 5.74) is 7.09. The second-order valence-corrected chi connectivity index (χ2v) is 5.81. The minimum absolute atomic E-state index is 0.0994. The number of hydrogen-bond acceptors (Lipinski definition) is 3. The van der Waals surface area contributed by atoms with Gasteiger partial charge in [-0.15, -0.1) is 0 Å². The fourth-order valence-corrected chi connectivity index (χ4v) is 3.03. The summed E-state index contributed by atoms with van der Waals surface area (Å²) in [6.07, 6.45) is 5.92. The molecule has 1 aliphatic carbocycles. The zero-order chi connectivity index (χ0) is 13.9. The second kappa shape index (κ2) is 5.70. The van der Waals surface area contributed by atoms with Crippen LogP contribution in [0.2, 0.25) is 0 Å². The minimum Gasteiger partial charge on any atom is -0.344 e. The fraction of sp³-hybridized carbons (Fsp3) is 0.600. The summed E-state index contributed by atoms with van der Waals surface area (Å²) in [5.74, 6) is 0.514. The first-order chi connectivity index (χ1) is 9.06. The third-order valence-electron chi connectivity index (χ3n) is 4.09. The van der Waals surface area contributed by atoms with Gasteiger partial charge in [-0.05, 0) is 37.3 Å². The van der Waals surface area contributed by atoms with Crippen molar-refractivity contribution in [1.82, 2.24) is 10.3 Å². The normalized spacial score (nSPS) is 27.0. The van der Waals surface area contributed by atoms with Gasteiger partial charge in [-0.3, -0.25) is 9.78 Å². The first kappa shape index (κ1) is 14.0. The lowest BCUT2D eigenvalue weighted by Gasteiger charge is -2.40. The molecule has 1 amide bonds. The maximum Gasteiger partial charge on any atom is 0.270 e. The molecule has 0 radical (unpaired) electrons. The zero-order valence-electron chi connectivity index (χ0n) is 11.8. The Morgan fingerprint density at radius 1 is 1.63 bits per heavy atom. The Morgan fingerprint density at radius 2 is 2.42 bits per heavy atom. The molecule has 1 aromatic rings. The average Bonchev–Trinajstić information content (AvgIpc) is 2.39. The lowest BCUT2D eigenvalue weighted by atomic mass is 9.76. The number of amides is 1. The van der Waals surface area contributed by atoms with Crippen LogP contribution in [-0.4, -0.2) is 23.0 Å². The molecule has 1 heterocycles. The number of pyridine rings is 1. The number of nitrogens with two attached hydrogens (primary N) is 1. The number of rotatable bonds is 3. The summed E-state index contributed by atoms with van der Waals surface area (Å²) >= 11 is 0. The summed E-state index contributed by atoms with van der Waals surface area (Å²) in [7, 11) is 0. The molecular weight excluding hydrogens is 238 g/mol. The van der Waals surface area contributed by atoms with Gasteiger partial charge in [0.05, 0.1) is 5.54 Å². The largest absolute Gasteiger partial charge is 0.344 e. The standard InChI is InChI=1S/C15H23N3O/c1-11-5-3-7-15(9-11,10-16)18-14(19)13-12(2)6-4-8-17-13/h4,6,8,11H,3,5,7,9-10,16H2,1-2H3,(H,18,19). The first-order valence-electron chi connectivity index (χ1n) is 7.00. The molecule has 0 aliphatic heterocycles. The molecule has 0 aromatic carbocycles. The number of carbonyl (C=O) groups is 1. The van der Waals surface area contributed by atoms with Gasteiger partial charge < -0.3 is 11.1 Å². The van der Waals surface area contributed by atoms with E-state index in [4.69, 9.17) is 5.73 Å². The van der Waals surface area contributed by atoms with Gasteiger partial charge in [0.15, 0.2) is 0 Å². The van der Waals surface area contributed by atoms with E-state index in [1.807, 2.05) is 19.1 Å². The fourth-order valence-electron chi connectivity index (χ4n) is 3.03. The van der Waals surface area contributed by atoms with Gasteiger partial charge in [0.1, 0.15) is 5.69 Å². The van der Waals surface area contributed by atoms with E-state index >= 15 is 0 Å². The maximum absolute atomic E-state index is 12.4. The minimum atomic E-state index is -0.251. The van der Waals surface area contributed by atoms with Crippen molar-refractivity contribution in [3.8, 4) is 0 Å². The number of carbonyl (C=O) groups excluding carboxylic acids is 1. The Kier molecular flexibility index (Phi) is 4.20. The van der Waals surface area contributed by atoms with Crippen molar-refractivity contribution in [2.45, 2.75) is 45.1 Å². The summed E-state index contributed by atoms with van der Waals surface area (Å²) < 4.78 is 0. The molecule has 1 aromatic heterocycles. The molecule has 2 unspecified atom stereocenters. The van der Waals surface area contributed by atoms with Crippen LogP contribution in [0.4, 0.5) is 0 Å². The predicted molar refractivity (Wildman–Crippen MR) is 75.9 cm³/mol. The van der Waals surface area contributed by atoms with Crippen LogP contribution in [0.1, 0.15) is 48.7 Å². The van der Waals surface area contributed by atoms with Crippen LogP contribution < -0.4 is 11.1 Å². The van der Waals surface area contributed by atoms with E-state index in [9.17, 15) is 4.79 Å². The second-order valence-electron chi connectivity index (χ2n) is 5.81. The molecule has 19 heavy (non-hydrogen) atoms. The molecule has 1 fully saturated rings. The Balaban J connectivity index is 2.14. The number of aryl methyl sites for hydroxylation is 1. The monoisotopic (exact) mass is 261 g/mol. The molecule has 0 saturated heterocycles. The average molecular weight is 261 g/mol. The smallest absolute Gasteiger partial charge is 0.270 e. The molecule has 1 aliphatic rings. The molecule has 3 N–H and O–H groups in total. The molecule has 1 saturated carbocycles. The van der Waals surface area contributed by atoms with Gasteiger partial charge in [-0.2, -0.15) is 0 Å². The van der Waals surface area contributed by atoms with E-state index in [2.05, 4.69) is 17.2 Å². The van der Waals surface area contributed by atoms with Crippen molar-refractivity contribution < 1.29 is 4.79 Å². The Morgan fingerprint density at radius 3 is 3.05 bits per heavy atom. The highest BCUT2D eigenvalue weighted by Gasteiger charge is 2.35. The SMILES string of the molecule is Cc1cccnc1C(=O)NC1(CN)CCCC(C)C1. The van der Waals surface area contributed by atoms with Gasteiger partial charge in [-0.1, -0.05) is 25.8 Å². The van der Waals surface area contributed by atoms with Crippen LogP contribution in [0.15, 0.2) is 18.3 Å². The molecule has 0 bridgehead atoms. The maximum atomic E-state index is 12.4. The van der Waals surface area contributed by atoms with Crippen molar-refractivity contribution in [3.63, 3.8) is 0 Å². The van der Waals surface area contributed by atoms with Crippen LogP contribution in [-0.2, 0) is 0 Å². The van der Waals surface area contributed by atoms with Crippen molar-refractivity contribution in [2.24, 2.45) is 11.7 Å². The Hall–Kier alpha value is -1.42.